The molecule has 2 aliphatic rings. The summed E-state index contributed by atoms with van der Waals surface area (Å²) in [4.78, 5) is 4.68. The minimum atomic E-state index is 0.459. The van der Waals surface area contributed by atoms with Crippen LogP contribution in [0.5, 0.6) is 0 Å². The summed E-state index contributed by atoms with van der Waals surface area (Å²) in [5.41, 5.74) is 8.28. The van der Waals surface area contributed by atoms with Gasteiger partial charge in [0.25, 0.3) is 0 Å². The number of hydrogen-bond donors (Lipinski definition) is 2. The Kier molecular flexibility index (Phi) is 2.98. The van der Waals surface area contributed by atoms with E-state index in [0.29, 0.717) is 12.0 Å². The van der Waals surface area contributed by atoms with Gasteiger partial charge < -0.3 is 11.1 Å². The van der Waals surface area contributed by atoms with Crippen LogP contribution in [0.15, 0.2) is 29.3 Å². The van der Waals surface area contributed by atoms with Gasteiger partial charge in [0, 0.05) is 5.69 Å². The first kappa shape index (κ1) is 11.6. The maximum Gasteiger partial charge on any atom is 0.193 e. The number of rotatable bonds is 2. The third-order valence-electron chi connectivity index (χ3n) is 4.41. The molecule has 3 heteroatoms. The second-order valence-corrected chi connectivity index (χ2v) is 5.70. The minimum absolute atomic E-state index is 0.459. The van der Waals surface area contributed by atoms with E-state index in [2.05, 4.69) is 23.3 Å². The summed E-state index contributed by atoms with van der Waals surface area (Å²) in [7, 11) is 0. The molecule has 2 saturated carbocycles. The van der Waals surface area contributed by atoms with Gasteiger partial charge in [-0.05, 0) is 49.7 Å². The second kappa shape index (κ2) is 4.63. The highest BCUT2D eigenvalue weighted by molar-refractivity contribution is 5.93. The van der Waals surface area contributed by atoms with Gasteiger partial charge in [0.1, 0.15) is 0 Å². The highest BCUT2D eigenvalue weighted by Gasteiger charge is 2.39. The van der Waals surface area contributed by atoms with Gasteiger partial charge in [-0.2, -0.15) is 0 Å². The fraction of sp³-hybridized carbons (Fsp3) is 0.533. The van der Waals surface area contributed by atoms with Crippen LogP contribution in [-0.2, 0) is 0 Å². The summed E-state index contributed by atoms with van der Waals surface area (Å²) >= 11 is 0. The molecule has 3 nitrogen and oxygen atoms in total. The van der Waals surface area contributed by atoms with Crippen LogP contribution in [0.2, 0.25) is 0 Å². The monoisotopic (exact) mass is 243 g/mol. The van der Waals surface area contributed by atoms with Crippen LogP contribution in [0.1, 0.15) is 31.2 Å². The molecular weight excluding hydrogens is 222 g/mol. The smallest absolute Gasteiger partial charge is 0.193 e. The van der Waals surface area contributed by atoms with Gasteiger partial charge in [0.2, 0.25) is 0 Å². The normalized spacial score (nSPS) is 30.7. The summed E-state index contributed by atoms with van der Waals surface area (Å²) in [6, 6.07) is 8.62. The lowest BCUT2D eigenvalue weighted by Crippen LogP contribution is -2.27. The number of para-hydroxylation sites is 1. The van der Waals surface area contributed by atoms with E-state index in [1.807, 2.05) is 18.2 Å². The topological polar surface area (TPSA) is 50.4 Å². The zero-order valence-corrected chi connectivity index (χ0v) is 10.9. The fourth-order valence-electron chi connectivity index (χ4n) is 3.43. The van der Waals surface area contributed by atoms with E-state index >= 15 is 0 Å². The zero-order valence-electron chi connectivity index (χ0n) is 10.9. The van der Waals surface area contributed by atoms with E-state index < -0.39 is 0 Å². The van der Waals surface area contributed by atoms with Gasteiger partial charge >= 0.3 is 0 Å². The third-order valence-corrected chi connectivity index (χ3v) is 4.41. The predicted octanol–water partition coefficient (Wildman–Crippen LogP) is 2.91. The Morgan fingerprint density at radius 2 is 2.11 bits per heavy atom. The van der Waals surface area contributed by atoms with Gasteiger partial charge in [-0.15, -0.1) is 0 Å². The number of aryl methyl sites for hydroxylation is 1. The number of nitrogens with one attached hydrogen (secondary N) is 1. The van der Waals surface area contributed by atoms with Gasteiger partial charge in [-0.1, -0.05) is 24.6 Å². The molecule has 0 unspecified atom stereocenters. The quantitative estimate of drug-likeness (QED) is 0.620. The molecule has 1 aromatic carbocycles. The Morgan fingerprint density at radius 3 is 2.78 bits per heavy atom. The number of guanidine groups is 1. The van der Waals surface area contributed by atoms with E-state index in [-0.39, 0.29) is 0 Å². The molecule has 0 radical (unpaired) electrons. The number of aliphatic imine (C=N–C) groups is 1. The van der Waals surface area contributed by atoms with Crippen molar-refractivity contribution in [1.29, 1.82) is 0 Å². The summed E-state index contributed by atoms with van der Waals surface area (Å²) in [6.07, 6.45) is 5.35. The Bertz CT molecular complexity index is 467. The maximum absolute atomic E-state index is 6.03. The van der Waals surface area contributed by atoms with E-state index in [0.717, 1.165) is 17.5 Å². The van der Waals surface area contributed by atoms with Gasteiger partial charge in [-0.25, -0.2) is 4.99 Å². The molecule has 0 heterocycles. The van der Waals surface area contributed by atoms with Crippen molar-refractivity contribution in [2.24, 2.45) is 22.6 Å². The van der Waals surface area contributed by atoms with Crippen LogP contribution in [0.25, 0.3) is 0 Å². The highest BCUT2D eigenvalue weighted by atomic mass is 15.1. The molecule has 0 saturated heterocycles. The Morgan fingerprint density at radius 1 is 1.28 bits per heavy atom. The summed E-state index contributed by atoms with van der Waals surface area (Å²) in [5, 5.41) is 3.22. The van der Waals surface area contributed by atoms with Crippen LogP contribution >= 0.6 is 0 Å². The van der Waals surface area contributed by atoms with Crippen molar-refractivity contribution in [3.05, 3.63) is 29.8 Å². The molecule has 1 aromatic rings. The van der Waals surface area contributed by atoms with Crippen molar-refractivity contribution in [3.8, 4) is 0 Å². The van der Waals surface area contributed by atoms with E-state index in [1.165, 1.54) is 31.2 Å². The standard InChI is InChI=1S/C15H21N3/c1-10-4-2-3-5-13(10)17-15(16)18-14-9-11-6-7-12(14)8-11/h2-5,11-12,14H,6-9H2,1H3,(H3,16,17,18)/t11-,12+,14-/m0/s1. The van der Waals surface area contributed by atoms with Crippen molar-refractivity contribution in [1.82, 2.24) is 0 Å². The average Bonchev–Trinajstić information content (AvgIpc) is 2.94. The van der Waals surface area contributed by atoms with Gasteiger partial charge in [0.15, 0.2) is 5.96 Å². The van der Waals surface area contributed by atoms with Crippen molar-refractivity contribution in [2.75, 3.05) is 5.32 Å². The highest BCUT2D eigenvalue weighted by Crippen LogP contribution is 2.45. The van der Waals surface area contributed by atoms with Crippen LogP contribution in [0.4, 0.5) is 5.69 Å². The fourth-order valence-corrected chi connectivity index (χ4v) is 3.43. The summed E-state index contributed by atoms with van der Waals surface area (Å²) in [6.45, 7) is 2.08. The molecule has 3 atom stereocenters. The molecule has 3 N–H and O–H groups in total. The van der Waals surface area contributed by atoms with Crippen molar-refractivity contribution in [2.45, 2.75) is 38.6 Å². The molecule has 0 amide bonds. The Hall–Kier alpha value is -1.51. The first-order chi connectivity index (χ1) is 8.72. The average molecular weight is 243 g/mol. The molecule has 2 fully saturated rings. The molecular formula is C15H21N3. The number of hydrogen-bond acceptors (Lipinski definition) is 1. The van der Waals surface area contributed by atoms with Crippen molar-refractivity contribution < 1.29 is 0 Å². The minimum Gasteiger partial charge on any atom is -0.370 e. The van der Waals surface area contributed by atoms with Gasteiger partial charge in [0.05, 0.1) is 6.04 Å². The molecule has 2 aliphatic carbocycles. The number of nitrogens with zero attached hydrogens (tertiary/aromatic N) is 1. The Labute approximate surface area is 108 Å². The molecule has 96 valence electrons. The lowest BCUT2D eigenvalue weighted by Gasteiger charge is -2.18. The van der Waals surface area contributed by atoms with E-state index in [4.69, 9.17) is 5.73 Å². The molecule has 0 spiro atoms. The summed E-state index contributed by atoms with van der Waals surface area (Å²) < 4.78 is 0. The van der Waals surface area contributed by atoms with E-state index in [9.17, 15) is 0 Å². The van der Waals surface area contributed by atoms with Gasteiger partial charge in [-0.3, -0.25) is 0 Å². The Balaban J connectivity index is 1.68. The largest absolute Gasteiger partial charge is 0.370 e. The summed E-state index contributed by atoms with van der Waals surface area (Å²) in [5.74, 6) is 2.27. The van der Waals surface area contributed by atoms with Crippen LogP contribution in [0, 0.1) is 18.8 Å². The zero-order chi connectivity index (χ0) is 12.5. The lowest BCUT2D eigenvalue weighted by molar-refractivity contribution is 0.420. The van der Waals surface area contributed by atoms with Crippen LogP contribution < -0.4 is 11.1 Å². The van der Waals surface area contributed by atoms with Crippen molar-refractivity contribution in [3.63, 3.8) is 0 Å². The molecule has 3 rings (SSSR count). The maximum atomic E-state index is 6.03. The third kappa shape index (κ3) is 2.22. The number of fused-ring (bicyclic) bond motifs is 2. The molecule has 2 bridgehead atoms. The number of benzene rings is 1. The van der Waals surface area contributed by atoms with E-state index in [1.54, 1.807) is 0 Å². The first-order valence-corrected chi connectivity index (χ1v) is 6.88. The number of nitrogens with two attached hydrogens (primary N) is 1. The molecule has 0 aromatic heterocycles. The predicted molar refractivity (Wildman–Crippen MR) is 75.7 cm³/mol. The lowest BCUT2D eigenvalue weighted by atomic mass is 9.96. The number of anilines is 1. The second-order valence-electron chi connectivity index (χ2n) is 5.70. The first-order valence-electron chi connectivity index (χ1n) is 6.88. The van der Waals surface area contributed by atoms with Crippen LogP contribution in [-0.4, -0.2) is 12.0 Å². The van der Waals surface area contributed by atoms with Crippen molar-refractivity contribution >= 4 is 11.6 Å². The molecule has 18 heavy (non-hydrogen) atoms. The SMILES string of the molecule is Cc1ccccc1NC(N)=N[C@H]1C[C@H]2CC[C@@H]1C2. The van der Waals surface area contributed by atoms with Crippen LogP contribution in [0.3, 0.4) is 0 Å². The molecule has 0 aliphatic heterocycles.